The molecule has 1 aromatic carbocycles. The molecular formula is C19H23N4OS+. The molecule has 1 N–H and O–H groups in total. The SMILES string of the molecule is Cc1csc([C@H](C#N)C=NC[C@H]2C[NH+](Cc3ccccc3)CCO2)n1. The van der Waals surface area contributed by atoms with Crippen molar-refractivity contribution in [3.8, 4) is 6.07 Å². The number of rotatable bonds is 6. The standard InChI is InChI=1S/C19H22N4OS/c1-15-14-25-19(22-15)17(9-20)10-21-11-18-13-23(7-8-24-18)12-16-5-3-2-4-6-16/h2-6,10,14,17-18H,7-8,11-13H2,1H3/p+1/t17-,18+/m1/s1. The van der Waals surface area contributed by atoms with E-state index in [-0.39, 0.29) is 12.0 Å². The lowest BCUT2D eigenvalue weighted by Crippen LogP contribution is -3.13. The molecule has 6 heteroatoms. The minimum absolute atomic E-state index is 0.112. The molecule has 1 unspecified atom stereocenters. The van der Waals surface area contributed by atoms with Crippen LogP contribution in [0.4, 0.5) is 0 Å². The van der Waals surface area contributed by atoms with E-state index in [0.717, 1.165) is 36.9 Å². The average molecular weight is 355 g/mol. The molecule has 0 spiro atoms. The molecule has 1 aromatic heterocycles. The smallest absolute Gasteiger partial charge is 0.133 e. The van der Waals surface area contributed by atoms with E-state index in [4.69, 9.17) is 4.74 Å². The van der Waals surface area contributed by atoms with Gasteiger partial charge in [0.1, 0.15) is 36.7 Å². The lowest BCUT2D eigenvalue weighted by Gasteiger charge is -2.29. The van der Waals surface area contributed by atoms with E-state index in [1.54, 1.807) is 6.21 Å². The van der Waals surface area contributed by atoms with Crippen molar-refractivity contribution in [1.82, 2.24) is 4.98 Å². The summed E-state index contributed by atoms with van der Waals surface area (Å²) >= 11 is 1.51. The first-order valence-corrected chi connectivity index (χ1v) is 9.43. The fourth-order valence-electron chi connectivity index (χ4n) is 2.97. The highest BCUT2D eigenvalue weighted by molar-refractivity contribution is 7.09. The first-order chi connectivity index (χ1) is 12.2. The molecule has 1 aliphatic heterocycles. The van der Waals surface area contributed by atoms with Crippen molar-refractivity contribution in [1.29, 1.82) is 5.26 Å². The fraction of sp³-hybridized carbons (Fsp3) is 0.421. The maximum Gasteiger partial charge on any atom is 0.133 e. The van der Waals surface area contributed by atoms with Crippen molar-refractivity contribution in [3.63, 3.8) is 0 Å². The molecule has 1 fully saturated rings. The van der Waals surface area contributed by atoms with Crippen LogP contribution in [0.3, 0.4) is 0 Å². The average Bonchev–Trinajstić information content (AvgIpc) is 3.06. The lowest BCUT2D eigenvalue weighted by molar-refractivity contribution is -0.924. The second-order valence-electron chi connectivity index (χ2n) is 6.31. The third kappa shape index (κ3) is 5.20. The number of thiazole rings is 1. The third-order valence-electron chi connectivity index (χ3n) is 4.23. The fourth-order valence-corrected chi connectivity index (χ4v) is 3.77. The monoisotopic (exact) mass is 355 g/mol. The number of nitrogens with zero attached hydrogens (tertiary/aromatic N) is 3. The van der Waals surface area contributed by atoms with Gasteiger partial charge in [-0.25, -0.2) is 4.98 Å². The number of quaternary nitrogens is 1. The molecular weight excluding hydrogens is 332 g/mol. The molecule has 130 valence electrons. The van der Waals surface area contributed by atoms with Gasteiger partial charge in [-0.2, -0.15) is 5.26 Å². The number of nitrogens with one attached hydrogen (secondary N) is 1. The zero-order valence-corrected chi connectivity index (χ0v) is 15.2. The summed E-state index contributed by atoms with van der Waals surface area (Å²) in [5.74, 6) is -0.366. The Balaban J connectivity index is 1.51. The summed E-state index contributed by atoms with van der Waals surface area (Å²) < 4.78 is 5.84. The number of aliphatic imine (C=N–C) groups is 1. The largest absolute Gasteiger partial charge is 0.365 e. The minimum atomic E-state index is -0.366. The highest BCUT2D eigenvalue weighted by atomic mass is 32.1. The molecule has 0 radical (unpaired) electrons. The Morgan fingerprint density at radius 1 is 1.48 bits per heavy atom. The zero-order valence-electron chi connectivity index (χ0n) is 14.4. The van der Waals surface area contributed by atoms with E-state index in [2.05, 4.69) is 40.3 Å². The molecule has 25 heavy (non-hydrogen) atoms. The summed E-state index contributed by atoms with van der Waals surface area (Å²) in [7, 11) is 0. The Morgan fingerprint density at radius 2 is 2.32 bits per heavy atom. The van der Waals surface area contributed by atoms with Crippen LogP contribution in [0.15, 0.2) is 40.7 Å². The number of benzene rings is 1. The lowest BCUT2D eigenvalue weighted by atomic mass is 10.2. The maximum absolute atomic E-state index is 9.32. The Labute approximate surface area is 152 Å². The number of aromatic nitrogens is 1. The Morgan fingerprint density at radius 3 is 3.04 bits per heavy atom. The summed E-state index contributed by atoms with van der Waals surface area (Å²) in [6.45, 7) is 6.28. The van der Waals surface area contributed by atoms with Crippen molar-refractivity contribution in [2.75, 3.05) is 26.2 Å². The van der Waals surface area contributed by atoms with Crippen LogP contribution in [0.1, 0.15) is 22.2 Å². The number of aryl methyl sites for hydroxylation is 1. The van der Waals surface area contributed by atoms with Crippen molar-refractivity contribution in [3.05, 3.63) is 52.0 Å². The summed E-state index contributed by atoms with van der Waals surface area (Å²) in [5, 5.41) is 12.1. The number of hydrogen-bond donors (Lipinski definition) is 1. The molecule has 0 saturated carbocycles. The number of hydrogen-bond acceptors (Lipinski definition) is 5. The second kappa shape index (κ2) is 8.86. The van der Waals surface area contributed by atoms with Crippen LogP contribution < -0.4 is 4.90 Å². The predicted molar refractivity (Wildman–Crippen MR) is 99.1 cm³/mol. The van der Waals surface area contributed by atoms with Crippen LogP contribution in [0.2, 0.25) is 0 Å². The van der Waals surface area contributed by atoms with Gasteiger partial charge in [-0.1, -0.05) is 30.3 Å². The molecule has 2 heterocycles. The van der Waals surface area contributed by atoms with E-state index in [0.29, 0.717) is 6.54 Å². The van der Waals surface area contributed by atoms with Gasteiger partial charge in [-0.05, 0) is 6.92 Å². The van der Waals surface area contributed by atoms with Gasteiger partial charge in [-0.15, -0.1) is 11.3 Å². The van der Waals surface area contributed by atoms with Gasteiger partial charge in [0.15, 0.2) is 0 Å². The van der Waals surface area contributed by atoms with Crippen LogP contribution in [0.25, 0.3) is 0 Å². The third-order valence-corrected chi connectivity index (χ3v) is 5.27. The predicted octanol–water partition coefficient (Wildman–Crippen LogP) is 1.61. The van der Waals surface area contributed by atoms with Crippen LogP contribution in [-0.2, 0) is 11.3 Å². The van der Waals surface area contributed by atoms with E-state index in [1.165, 1.54) is 21.8 Å². The molecule has 0 amide bonds. The van der Waals surface area contributed by atoms with Gasteiger partial charge in [0.05, 0.1) is 19.2 Å². The summed E-state index contributed by atoms with van der Waals surface area (Å²) in [6.07, 6.45) is 1.83. The molecule has 0 bridgehead atoms. The van der Waals surface area contributed by atoms with Gasteiger partial charge < -0.3 is 9.64 Å². The minimum Gasteiger partial charge on any atom is -0.365 e. The molecule has 0 aliphatic carbocycles. The molecule has 2 aromatic rings. The first kappa shape index (κ1) is 17.7. The van der Waals surface area contributed by atoms with Crippen molar-refractivity contribution >= 4 is 17.6 Å². The van der Waals surface area contributed by atoms with E-state index >= 15 is 0 Å². The highest BCUT2D eigenvalue weighted by Crippen LogP contribution is 2.18. The maximum atomic E-state index is 9.32. The highest BCUT2D eigenvalue weighted by Gasteiger charge is 2.23. The molecule has 1 saturated heterocycles. The Bertz CT molecular complexity index is 737. The molecule has 5 nitrogen and oxygen atoms in total. The summed E-state index contributed by atoms with van der Waals surface area (Å²) in [6, 6.07) is 12.8. The van der Waals surface area contributed by atoms with Crippen molar-refractivity contribution in [2.24, 2.45) is 4.99 Å². The summed E-state index contributed by atoms with van der Waals surface area (Å²) in [5.41, 5.74) is 2.30. The molecule has 3 atom stereocenters. The number of morpholine rings is 1. The van der Waals surface area contributed by atoms with Gasteiger partial charge in [-0.3, -0.25) is 4.99 Å². The first-order valence-electron chi connectivity index (χ1n) is 8.55. The van der Waals surface area contributed by atoms with Crippen molar-refractivity contribution in [2.45, 2.75) is 25.5 Å². The second-order valence-corrected chi connectivity index (χ2v) is 7.20. The van der Waals surface area contributed by atoms with Gasteiger partial charge in [0, 0.05) is 22.9 Å². The number of ether oxygens (including phenoxy) is 1. The quantitative estimate of drug-likeness (QED) is 0.801. The summed E-state index contributed by atoms with van der Waals surface area (Å²) in [4.78, 5) is 10.4. The van der Waals surface area contributed by atoms with Crippen LogP contribution in [0, 0.1) is 18.3 Å². The van der Waals surface area contributed by atoms with E-state index < -0.39 is 0 Å². The van der Waals surface area contributed by atoms with Crippen LogP contribution >= 0.6 is 11.3 Å². The van der Waals surface area contributed by atoms with Gasteiger partial charge in [0.2, 0.25) is 0 Å². The zero-order chi connectivity index (χ0) is 17.5. The van der Waals surface area contributed by atoms with Gasteiger partial charge >= 0.3 is 0 Å². The topological polar surface area (TPSA) is 62.7 Å². The normalized spacial score (nSPS) is 21.9. The molecule has 1 aliphatic rings. The Kier molecular flexibility index (Phi) is 6.29. The van der Waals surface area contributed by atoms with Crippen molar-refractivity contribution < 1.29 is 9.64 Å². The van der Waals surface area contributed by atoms with Crippen LogP contribution in [0.5, 0.6) is 0 Å². The number of nitriles is 1. The molecule has 3 rings (SSSR count). The Hall–Kier alpha value is -2.07. The van der Waals surface area contributed by atoms with Gasteiger partial charge in [0.25, 0.3) is 0 Å². The van der Waals surface area contributed by atoms with E-state index in [1.807, 2.05) is 18.4 Å². The van der Waals surface area contributed by atoms with Crippen LogP contribution in [-0.4, -0.2) is 43.5 Å². The van der Waals surface area contributed by atoms with E-state index in [9.17, 15) is 5.26 Å².